The fourth-order valence-corrected chi connectivity index (χ4v) is 1.40. The molecule has 1 amide bonds. The minimum Gasteiger partial charge on any atom is -0.382 e. The Bertz CT molecular complexity index is 418. The van der Waals surface area contributed by atoms with Crippen molar-refractivity contribution >= 4 is 5.91 Å². The molecular formula is C12H14F3NO2. The Balaban J connectivity index is 2.43. The van der Waals surface area contributed by atoms with Crippen molar-refractivity contribution in [1.29, 1.82) is 0 Å². The Morgan fingerprint density at radius 3 is 2.67 bits per heavy atom. The van der Waals surface area contributed by atoms with Crippen LogP contribution in [-0.4, -0.2) is 29.8 Å². The van der Waals surface area contributed by atoms with Crippen LogP contribution in [0.4, 0.5) is 13.2 Å². The molecule has 0 fully saturated rings. The summed E-state index contributed by atoms with van der Waals surface area (Å²) in [6, 6.07) is 7.11. The van der Waals surface area contributed by atoms with Gasteiger partial charge in [0, 0.05) is 0 Å². The number of hydrogen-bond donors (Lipinski definition) is 2. The first-order valence-corrected chi connectivity index (χ1v) is 5.36. The monoisotopic (exact) mass is 261 g/mol. The van der Waals surface area contributed by atoms with Gasteiger partial charge in [-0.15, -0.1) is 0 Å². The van der Waals surface area contributed by atoms with E-state index in [4.69, 9.17) is 5.11 Å². The molecule has 0 aliphatic heterocycles. The smallest absolute Gasteiger partial charge is 0.382 e. The van der Waals surface area contributed by atoms with Crippen LogP contribution >= 0.6 is 0 Å². The summed E-state index contributed by atoms with van der Waals surface area (Å²) < 4.78 is 35.9. The lowest BCUT2D eigenvalue weighted by Crippen LogP contribution is -2.41. The van der Waals surface area contributed by atoms with E-state index in [1.807, 2.05) is 18.3 Å². The van der Waals surface area contributed by atoms with Crippen LogP contribution in [0.25, 0.3) is 0 Å². The molecule has 0 radical (unpaired) electrons. The van der Waals surface area contributed by atoms with Gasteiger partial charge in [-0.1, -0.05) is 29.8 Å². The molecule has 6 heteroatoms. The average molecular weight is 261 g/mol. The summed E-state index contributed by atoms with van der Waals surface area (Å²) in [6.07, 6.45) is -7.25. The quantitative estimate of drug-likeness (QED) is 0.864. The number of aliphatic hydroxyl groups is 1. The maximum atomic E-state index is 12.0. The van der Waals surface area contributed by atoms with Gasteiger partial charge in [0.2, 0.25) is 5.91 Å². The lowest BCUT2D eigenvalue weighted by molar-refractivity contribution is -0.201. The number of amides is 1. The van der Waals surface area contributed by atoms with Crippen molar-refractivity contribution in [3.63, 3.8) is 0 Å². The van der Waals surface area contributed by atoms with E-state index < -0.39 is 24.7 Å². The minimum absolute atomic E-state index is 0.00768. The van der Waals surface area contributed by atoms with E-state index in [9.17, 15) is 18.0 Å². The van der Waals surface area contributed by atoms with E-state index in [0.29, 0.717) is 5.56 Å². The van der Waals surface area contributed by atoms with E-state index in [0.717, 1.165) is 5.56 Å². The topological polar surface area (TPSA) is 49.3 Å². The van der Waals surface area contributed by atoms with Gasteiger partial charge < -0.3 is 10.4 Å². The van der Waals surface area contributed by atoms with Gasteiger partial charge in [-0.3, -0.25) is 4.79 Å². The lowest BCUT2D eigenvalue weighted by atomic mass is 10.1. The fourth-order valence-electron chi connectivity index (χ4n) is 1.40. The third kappa shape index (κ3) is 4.75. The van der Waals surface area contributed by atoms with Gasteiger partial charge in [0.15, 0.2) is 6.10 Å². The van der Waals surface area contributed by atoms with Gasteiger partial charge >= 0.3 is 6.18 Å². The fraction of sp³-hybridized carbons (Fsp3) is 0.417. The van der Waals surface area contributed by atoms with Gasteiger partial charge in [0.25, 0.3) is 0 Å². The summed E-state index contributed by atoms with van der Waals surface area (Å²) in [5.74, 6) is -0.552. The zero-order valence-corrected chi connectivity index (χ0v) is 9.79. The number of alkyl halides is 3. The number of hydrogen-bond acceptors (Lipinski definition) is 2. The summed E-state index contributed by atoms with van der Waals surface area (Å²) >= 11 is 0. The predicted molar refractivity (Wildman–Crippen MR) is 60.0 cm³/mol. The Morgan fingerprint density at radius 2 is 2.11 bits per heavy atom. The van der Waals surface area contributed by atoms with Crippen molar-refractivity contribution in [2.24, 2.45) is 0 Å². The minimum atomic E-state index is -4.71. The zero-order valence-electron chi connectivity index (χ0n) is 9.79. The van der Waals surface area contributed by atoms with Crippen LogP contribution in [0.1, 0.15) is 11.1 Å². The third-order valence-electron chi connectivity index (χ3n) is 2.32. The highest BCUT2D eigenvalue weighted by molar-refractivity contribution is 5.78. The maximum absolute atomic E-state index is 12.0. The SMILES string of the molecule is Cc1cccc(CC(=O)NCC(O)C(F)(F)F)c1. The van der Waals surface area contributed by atoms with E-state index in [1.54, 1.807) is 18.2 Å². The molecule has 0 aliphatic carbocycles. The first-order valence-electron chi connectivity index (χ1n) is 5.36. The van der Waals surface area contributed by atoms with Gasteiger partial charge in [-0.2, -0.15) is 13.2 Å². The molecule has 2 N–H and O–H groups in total. The van der Waals surface area contributed by atoms with E-state index in [2.05, 4.69) is 0 Å². The molecule has 0 spiro atoms. The second-order valence-corrected chi connectivity index (χ2v) is 4.03. The number of benzene rings is 1. The number of aliphatic hydroxyl groups excluding tert-OH is 1. The van der Waals surface area contributed by atoms with Crippen molar-refractivity contribution in [3.8, 4) is 0 Å². The maximum Gasteiger partial charge on any atom is 0.416 e. The van der Waals surface area contributed by atoms with Gasteiger partial charge in [-0.25, -0.2) is 0 Å². The Kier molecular flexibility index (Phi) is 4.72. The Morgan fingerprint density at radius 1 is 1.44 bits per heavy atom. The molecule has 3 nitrogen and oxygen atoms in total. The van der Waals surface area contributed by atoms with Crippen LogP contribution in [-0.2, 0) is 11.2 Å². The Hall–Kier alpha value is -1.56. The molecule has 0 aliphatic rings. The number of aryl methyl sites for hydroxylation is 1. The number of halogens is 3. The average Bonchev–Trinajstić information content (AvgIpc) is 2.24. The summed E-state index contributed by atoms with van der Waals surface area (Å²) in [7, 11) is 0. The van der Waals surface area contributed by atoms with Crippen molar-refractivity contribution in [2.75, 3.05) is 6.54 Å². The normalized spacial score (nSPS) is 13.2. The van der Waals surface area contributed by atoms with Crippen LogP contribution in [0.3, 0.4) is 0 Å². The van der Waals surface area contributed by atoms with E-state index in [1.165, 1.54) is 0 Å². The lowest BCUT2D eigenvalue weighted by Gasteiger charge is -2.15. The molecule has 1 aromatic carbocycles. The summed E-state index contributed by atoms with van der Waals surface area (Å²) in [6.45, 7) is 1.03. The number of rotatable bonds is 4. The molecule has 0 bridgehead atoms. The number of nitrogens with one attached hydrogen (secondary N) is 1. The molecule has 1 atom stereocenters. The van der Waals surface area contributed by atoms with Crippen molar-refractivity contribution in [2.45, 2.75) is 25.6 Å². The molecule has 100 valence electrons. The molecular weight excluding hydrogens is 247 g/mol. The van der Waals surface area contributed by atoms with Crippen molar-refractivity contribution in [3.05, 3.63) is 35.4 Å². The molecule has 1 aromatic rings. The zero-order chi connectivity index (χ0) is 13.8. The van der Waals surface area contributed by atoms with Crippen LogP contribution in [0, 0.1) is 6.92 Å². The van der Waals surface area contributed by atoms with Crippen LogP contribution in [0.2, 0.25) is 0 Å². The highest BCUT2D eigenvalue weighted by atomic mass is 19.4. The second-order valence-electron chi connectivity index (χ2n) is 4.03. The molecule has 1 rings (SSSR count). The van der Waals surface area contributed by atoms with Gasteiger partial charge in [-0.05, 0) is 12.5 Å². The standard InChI is InChI=1S/C12H14F3NO2/c1-8-3-2-4-9(5-8)6-11(18)16-7-10(17)12(13,14)15/h2-5,10,17H,6-7H2,1H3,(H,16,18). The second kappa shape index (κ2) is 5.86. The molecule has 0 saturated carbocycles. The highest BCUT2D eigenvalue weighted by Crippen LogP contribution is 2.19. The molecule has 18 heavy (non-hydrogen) atoms. The van der Waals surface area contributed by atoms with Crippen LogP contribution in [0.5, 0.6) is 0 Å². The first-order chi connectivity index (χ1) is 8.29. The third-order valence-corrected chi connectivity index (χ3v) is 2.32. The van der Waals surface area contributed by atoms with Gasteiger partial charge in [0.1, 0.15) is 0 Å². The van der Waals surface area contributed by atoms with E-state index >= 15 is 0 Å². The molecule has 0 saturated heterocycles. The number of carbonyl (C=O) groups excluding carboxylic acids is 1. The summed E-state index contributed by atoms with van der Waals surface area (Å²) in [4.78, 5) is 11.4. The predicted octanol–water partition coefficient (Wildman–Crippen LogP) is 1.58. The van der Waals surface area contributed by atoms with E-state index in [-0.39, 0.29) is 6.42 Å². The molecule has 0 heterocycles. The summed E-state index contributed by atoms with van der Waals surface area (Å²) in [5, 5.41) is 10.8. The summed E-state index contributed by atoms with van der Waals surface area (Å²) in [5.41, 5.74) is 1.68. The molecule has 0 aromatic heterocycles. The van der Waals surface area contributed by atoms with Crippen LogP contribution < -0.4 is 5.32 Å². The van der Waals surface area contributed by atoms with Crippen LogP contribution in [0.15, 0.2) is 24.3 Å². The highest BCUT2D eigenvalue weighted by Gasteiger charge is 2.38. The van der Waals surface area contributed by atoms with Crippen molar-refractivity contribution < 1.29 is 23.1 Å². The molecule has 1 unspecified atom stereocenters. The Labute approximate surface area is 103 Å². The van der Waals surface area contributed by atoms with Gasteiger partial charge in [0.05, 0.1) is 13.0 Å². The first kappa shape index (κ1) is 14.5. The number of carbonyl (C=O) groups is 1. The van der Waals surface area contributed by atoms with Crippen molar-refractivity contribution in [1.82, 2.24) is 5.32 Å². The largest absolute Gasteiger partial charge is 0.416 e.